The highest BCUT2D eigenvalue weighted by molar-refractivity contribution is 7.15. The minimum atomic E-state index is 0.921. The van der Waals surface area contributed by atoms with Gasteiger partial charge in [-0.1, -0.05) is 29.8 Å². The largest absolute Gasteiger partial charge is 0.205 e. The molecule has 0 saturated carbocycles. The van der Waals surface area contributed by atoms with Gasteiger partial charge in [-0.3, -0.25) is 0 Å². The van der Waals surface area contributed by atoms with Crippen molar-refractivity contribution in [1.29, 1.82) is 5.26 Å². The molecule has 1 aromatic carbocycles. The van der Waals surface area contributed by atoms with Crippen LogP contribution in [0.3, 0.4) is 0 Å². The first-order valence-electron chi connectivity index (χ1n) is 6.43. The third-order valence-corrected chi connectivity index (χ3v) is 4.67. The van der Waals surface area contributed by atoms with E-state index >= 15 is 0 Å². The van der Waals surface area contributed by atoms with Gasteiger partial charge in [0, 0.05) is 15.3 Å². The topological polar surface area (TPSA) is 36.1 Å². The van der Waals surface area contributed by atoms with Gasteiger partial charge in [0.2, 0.25) is 6.19 Å². The van der Waals surface area contributed by atoms with E-state index in [1.54, 1.807) is 0 Å². The molecular formula is C16H14N2S. The fraction of sp³-hybridized carbons (Fsp3) is 0.250. The first kappa shape index (κ1) is 12.1. The molecule has 3 heteroatoms. The number of nitrogens with zero attached hydrogens (tertiary/aromatic N) is 2. The lowest BCUT2D eigenvalue weighted by molar-refractivity contribution is 0.855. The zero-order valence-electron chi connectivity index (χ0n) is 10.8. The molecular weight excluding hydrogens is 252 g/mol. The Bertz CT molecular complexity index is 689. The SMILES string of the molecule is Cc1cccc(-c2cc3c(s2)CCCC3=NC#N)c1. The number of hydrogen-bond donors (Lipinski definition) is 0. The molecule has 1 aromatic heterocycles. The first-order valence-corrected chi connectivity index (χ1v) is 7.25. The number of aliphatic imine (C=N–C) groups is 1. The molecule has 0 N–H and O–H groups in total. The van der Waals surface area contributed by atoms with Crippen molar-refractivity contribution in [2.75, 3.05) is 0 Å². The summed E-state index contributed by atoms with van der Waals surface area (Å²) >= 11 is 1.84. The molecule has 0 bridgehead atoms. The number of hydrogen-bond acceptors (Lipinski definition) is 3. The molecule has 19 heavy (non-hydrogen) atoms. The number of rotatable bonds is 1. The maximum Gasteiger partial charge on any atom is 0.205 e. The Labute approximate surface area is 117 Å². The molecule has 0 radical (unpaired) electrons. The van der Waals surface area contributed by atoms with E-state index in [9.17, 15) is 0 Å². The number of benzene rings is 1. The maximum atomic E-state index is 8.77. The summed E-state index contributed by atoms with van der Waals surface area (Å²) < 4.78 is 0. The van der Waals surface area contributed by atoms with Crippen LogP contribution in [0.2, 0.25) is 0 Å². The van der Waals surface area contributed by atoms with E-state index in [-0.39, 0.29) is 0 Å². The van der Waals surface area contributed by atoms with Crippen molar-refractivity contribution in [3.63, 3.8) is 0 Å². The number of fused-ring (bicyclic) bond motifs is 1. The standard InChI is InChI=1S/C16H14N2S/c1-11-4-2-5-12(8-11)16-9-13-14(18-10-17)6-3-7-15(13)19-16/h2,4-5,8-9H,3,6-7H2,1H3. The summed E-state index contributed by atoms with van der Waals surface area (Å²) in [6, 6.07) is 10.8. The highest BCUT2D eigenvalue weighted by atomic mass is 32.1. The second-order valence-electron chi connectivity index (χ2n) is 4.83. The number of aryl methyl sites for hydroxylation is 2. The van der Waals surface area contributed by atoms with Crippen LogP contribution in [0.15, 0.2) is 35.3 Å². The lowest BCUT2D eigenvalue weighted by atomic mass is 9.96. The fourth-order valence-corrected chi connectivity index (χ4v) is 3.75. The Balaban J connectivity index is 2.08. The van der Waals surface area contributed by atoms with Gasteiger partial charge in [0.15, 0.2) is 0 Å². The van der Waals surface area contributed by atoms with Crippen LogP contribution in [0.1, 0.15) is 28.8 Å². The summed E-state index contributed by atoms with van der Waals surface area (Å²) in [5, 5.41) is 8.77. The number of nitriles is 1. The van der Waals surface area contributed by atoms with Crippen LogP contribution in [0.4, 0.5) is 0 Å². The third kappa shape index (κ3) is 2.32. The Morgan fingerprint density at radius 3 is 2.95 bits per heavy atom. The zero-order valence-corrected chi connectivity index (χ0v) is 11.6. The van der Waals surface area contributed by atoms with Gasteiger partial charge in [-0.2, -0.15) is 10.3 Å². The summed E-state index contributed by atoms with van der Waals surface area (Å²) in [5.41, 5.74) is 4.68. The maximum absolute atomic E-state index is 8.77. The van der Waals surface area contributed by atoms with Gasteiger partial charge in [0.25, 0.3) is 0 Å². The van der Waals surface area contributed by atoms with Crippen molar-refractivity contribution in [2.24, 2.45) is 4.99 Å². The summed E-state index contributed by atoms with van der Waals surface area (Å²) in [6.45, 7) is 2.11. The van der Waals surface area contributed by atoms with E-state index in [0.29, 0.717) is 0 Å². The van der Waals surface area contributed by atoms with Crippen molar-refractivity contribution in [3.8, 4) is 16.6 Å². The monoisotopic (exact) mass is 266 g/mol. The smallest absolute Gasteiger partial charge is 0.178 e. The summed E-state index contributed by atoms with van der Waals surface area (Å²) in [5.74, 6) is 0. The minimum absolute atomic E-state index is 0.921. The molecule has 2 aromatic rings. The van der Waals surface area contributed by atoms with Crippen molar-refractivity contribution < 1.29 is 0 Å². The lowest BCUT2D eigenvalue weighted by Gasteiger charge is -2.11. The van der Waals surface area contributed by atoms with Gasteiger partial charge >= 0.3 is 0 Å². The summed E-state index contributed by atoms with van der Waals surface area (Å²) in [4.78, 5) is 6.63. The molecule has 1 aliphatic rings. The van der Waals surface area contributed by atoms with Gasteiger partial charge in [-0.25, -0.2) is 0 Å². The molecule has 2 nitrogen and oxygen atoms in total. The third-order valence-electron chi connectivity index (χ3n) is 3.42. The zero-order chi connectivity index (χ0) is 13.2. The normalized spacial score (nSPS) is 16.1. The van der Waals surface area contributed by atoms with Crippen molar-refractivity contribution in [1.82, 2.24) is 0 Å². The molecule has 0 aliphatic heterocycles. The molecule has 0 saturated heterocycles. The Kier molecular flexibility index (Phi) is 3.18. The molecule has 0 fully saturated rings. The van der Waals surface area contributed by atoms with Crippen LogP contribution in [-0.4, -0.2) is 5.71 Å². The van der Waals surface area contributed by atoms with Crippen molar-refractivity contribution in [3.05, 3.63) is 46.3 Å². The highest BCUT2D eigenvalue weighted by Crippen LogP contribution is 2.36. The molecule has 1 aliphatic carbocycles. The van der Waals surface area contributed by atoms with E-state index in [1.807, 2.05) is 17.5 Å². The first-order chi connectivity index (χ1) is 9.28. The van der Waals surface area contributed by atoms with Crippen LogP contribution in [0.5, 0.6) is 0 Å². The molecule has 1 heterocycles. The fourth-order valence-electron chi connectivity index (χ4n) is 2.53. The van der Waals surface area contributed by atoms with Gasteiger partial charge in [0.1, 0.15) is 0 Å². The molecule has 0 amide bonds. The van der Waals surface area contributed by atoms with Crippen LogP contribution in [-0.2, 0) is 6.42 Å². The molecule has 0 unspecified atom stereocenters. The van der Waals surface area contributed by atoms with Gasteiger partial charge in [-0.15, -0.1) is 11.3 Å². The second-order valence-corrected chi connectivity index (χ2v) is 5.97. The van der Waals surface area contributed by atoms with E-state index in [0.717, 1.165) is 25.0 Å². The predicted molar refractivity (Wildman–Crippen MR) is 79.6 cm³/mol. The van der Waals surface area contributed by atoms with E-state index < -0.39 is 0 Å². The number of thiophene rings is 1. The van der Waals surface area contributed by atoms with Crippen molar-refractivity contribution in [2.45, 2.75) is 26.2 Å². The Hall–Kier alpha value is -1.92. The minimum Gasteiger partial charge on any atom is -0.178 e. The summed E-state index contributed by atoms with van der Waals surface area (Å²) in [6.07, 6.45) is 5.06. The van der Waals surface area contributed by atoms with Crippen molar-refractivity contribution >= 4 is 17.0 Å². The van der Waals surface area contributed by atoms with Crippen LogP contribution < -0.4 is 0 Å². The summed E-state index contributed by atoms with van der Waals surface area (Å²) in [7, 11) is 0. The van der Waals surface area contributed by atoms with Crippen LogP contribution in [0.25, 0.3) is 10.4 Å². The van der Waals surface area contributed by atoms with E-state index in [1.165, 1.54) is 26.4 Å². The quantitative estimate of drug-likeness (QED) is 0.708. The Morgan fingerprint density at radius 2 is 2.16 bits per heavy atom. The molecule has 94 valence electrons. The average Bonchev–Trinajstić information content (AvgIpc) is 2.84. The van der Waals surface area contributed by atoms with Crippen LogP contribution >= 0.6 is 11.3 Å². The van der Waals surface area contributed by atoms with Gasteiger partial charge < -0.3 is 0 Å². The van der Waals surface area contributed by atoms with Gasteiger partial charge in [0.05, 0.1) is 5.71 Å². The van der Waals surface area contributed by atoms with E-state index in [2.05, 4.69) is 42.2 Å². The lowest BCUT2D eigenvalue weighted by Crippen LogP contribution is -2.08. The van der Waals surface area contributed by atoms with Crippen LogP contribution in [0, 0.1) is 18.4 Å². The second kappa shape index (κ2) is 4.99. The van der Waals surface area contributed by atoms with E-state index in [4.69, 9.17) is 5.26 Å². The molecule has 0 atom stereocenters. The molecule has 0 spiro atoms. The average molecular weight is 266 g/mol. The highest BCUT2D eigenvalue weighted by Gasteiger charge is 2.19. The Morgan fingerprint density at radius 1 is 1.26 bits per heavy atom. The predicted octanol–water partition coefficient (Wildman–Crippen LogP) is 4.33. The van der Waals surface area contributed by atoms with Gasteiger partial charge in [-0.05, 0) is 37.8 Å². The molecule has 3 rings (SSSR count).